The van der Waals surface area contributed by atoms with E-state index >= 15 is 0 Å². The first-order valence-corrected chi connectivity index (χ1v) is 9.29. The number of thiophene rings is 1. The Morgan fingerprint density at radius 2 is 1.95 bits per heavy atom. The van der Waals surface area contributed by atoms with E-state index in [9.17, 15) is 5.11 Å². The molecule has 0 saturated heterocycles. The van der Waals surface area contributed by atoms with E-state index in [0.717, 1.165) is 12.3 Å². The van der Waals surface area contributed by atoms with Gasteiger partial charge in [0.1, 0.15) is 0 Å². The van der Waals surface area contributed by atoms with Gasteiger partial charge in [0.25, 0.3) is 0 Å². The van der Waals surface area contributed by atoms with Gasteiger partial charge < -0.3 is 5.11 Å². The molecule has 21 heavy (non-hydrogen) atoms. The Bertz CT molecular complexity index is 566. The maximum atomic E-state index is 10.6. The molecule has 0 aliphatic heterocycles. The van der Waals surface area contributed by atoms with Crippen LogP contribution in [-0.2, 0) is 6.42 Å². The smallest absolute Gasteiger partial charge is 0.0609 e. The predicted octanol–water partition coefficient (Wildman–Crippen LogP) is 5.41. The van der Waals surface area contributed by atoms with E-state index in [1.54, 1.807) is 11.3 Å². The second-order valence-electron chi connectivity index (χ2n) is 6.60. The van der Waals surface area contributed by atoms with Crippen molar-refractivity contribution in [2.75, 3.05) is 0 Å². The summed E-state index contributed by atoms with van der Waals surface area (Å²) in [7, 11) is 0. The molecule has 1 atom stereocenters. The van der Waals surface area contributed by atoms with Crippen LogP contribution in [0.4, 0.5) is 0 Å². The Balaban J connectivity index is 1.60. The molecular formula is C19H26OS. The third-order valence-electron chi connectivity index (χ3n) is 5.12. The van der Waals surface area contributed by atoms with E-state index < -0.39 is 0 Å². The standard InChI is InChI=1S/C19H26OS/c1-2-5-14-8-10-15(11-9-14)18(20)12-16-13-21-19-7-4-3-6-17(16)19/h3-4,6-7,13-15,18,20H,2,5,8-12H2,1H3. The molecule has 1 N–H and O–H groups in total. The minimum Gasteiger partial charge on any atom is -0.392 e. The van der Waals surface area contributed by atoms with Crippen LogP contribution in [0, 0.1) is 11.8 Å². The maximum Gasteiger partial charge on any atom is 0.0609 e. The Morgan fingerprint density at radius 3 is 2.71 bits per heavy atom. The Morgan fingerprint density at radius 1 is 1.19 bits per heavy atom. The molecule has 1 saturated carbocycles. The Kier molecular flexibility index (Phi) is 4.97. The number of rotatable bonds is 5. The van der Waals surface area contributed by atoms with Gasteiger partial charge in [0, 0.05) is 11.1 Å². The van der Waals surface area contributed by atoms with Crippen molar-refractivity contribution in [3.05, 3.63) is 35.2 Å². The summed E-state index contributed by atoms with van der Waals surface area (Å²) in [5, 5.41) is 14.2. The monoisotopic (exact) mass is 302 g/mol. The average Bonchev–Trinajstić information content (AvgIpc) is 2.92. The second kappa shape index (κ2) is 6.93. The second-order valence-corrected chi connectivity index (χ2v) is 7.51. The number of hydrogen-bond donors (Lipinski definition) is 1. The quantitative estimate of drug-likeness (QED) is 0.783. The van der Waals surface area contributed by atoms with Crippen molar-refractivity contribution in [1.29, 1.82) is 0 Å². The summed E-state index contributed by atoms with van der Waals surface area (Å²) in [5.41, 5.74) is 1.33. The van der Waals surface area contributed by atoms with Crippen LogP contribution in [0.15, 0.2) is 29.6 Å². The summed E-state index contributed by atoms with van der Waals surface area (Å²) in [6.45, 7) is 2.28. The fourth-order valence-electron chi connectivity index (χ4n) is 3.85. The van der Waals surface area contributed by atoms with Crippen molar-refractivity contribution in [3.63, 3.8) is 0 Å². The number of benzene rings is 1. The van der Waals surface area contributed by atoms with E-state index in [0.29, 0.717) is 5.92 Å². The van der Waals surface area contributed by atoms with Gasteiger partial charge in [-0.3, -0.25) is 0 Å². The van der Waals surface area contributed by atoms with Gasteiger partial charge in [-0.15, -0.1) is 11.3 Å². The summed E-state index contributed by atoms with van der Waals surface area (Å²) >= 11 is 1.80. The fourth-order valence-corrected chi connectivity index (χ4v) is 4.83. The van der Waals surface area contributed by atoms with Crippen LogP contribution in [0.3, 0.4) is 0 Å². The van der Waals surface area contributed by atoms with Crippen LogP contribution in [0.5, 0.6) is 0 Å². The lowest BCUT2D eigenvalue weighted by Gasteiger charge is -2.31. The van der Waals surface area contributed by atoms with E-state index in [1.807, 2.05) is 0 Å². The van der Waals surface area contributed by atoms with Crippen LogP contribution in [0.25, 0.3) is 10.1 Å². The van der Waals surface area contributed by atoms with Crippen LogP contribution in [0.2, 0.25) is 0 Å². The molecule has 1 fully saturated rings. The van der Waals surface area contributed by atoms with Gasteiger partial charge in [-0.05, 0) is 47.1 Å². The van der Waals surface area contributed by atoms with E-state index in [-0.39, 0.29) is 6.10 Å². The summed E-state index contributed by atoms with van der Waals surface area (Å²) in [4.78, 5) is 0. The number of aliphatic hydroxyl groups is 1. The fraction of sp³-hybridized carbons (Fsp3) is 0.579. The molecule has 3 rings (SSSR count). The highest BCUT2D eigenvalue weighted by atomic mass is 32.1. The molecule has 1 aromatic carbocycles. The lowest BCUT2D eigenvalue weighted by Crippen LogP contribution is -2.27. The number of fused-ring (bicyclic) bond motifs is 1. The van der Waals surface area contributed by atoms with Gasteiger partial charge in [-0.1, -0.05) is 50.8 Å². The molecular weight excluding hydrogens is 276 g/mol. The molecule has 1 aromatic heterocycles. The molecule has 1 aliphatic rings. The maximum absolute atomic E-state index is 10.6. The van der Waals surface area contributed by atoms with Crippen LogP contribution in [-0.4, -0.2) is 11.2 Å². The van der Waals surface area contributed by atoms with Gasteiger partial charge >= 0.3 is 0 Å². The zero-order chi connectivity index (χ0) is 14.7. The van der Waals surface area contributed by atoms with Crippen LogP contribution < -0.4 is 0 Å². The lowest BCUT2D eigenvalue weighted by atomic mass is 9.77. The molecule has 114 valence electrons. The summed E-state index contributed by atoms with van der Waals surface area (Å²) in [6.07, 6.45) is 8.41. The van der Waals surface area contributed by atoms with E-state index in [2.05, 4.69) is 36.6 Å². The van der Waals surface area contributed by atoms with Crippen molar-refractivity contribution in [2.45, 2.75) is 58.0 Å². The van der Waals surface area contributed by atoms with Gasteiger partial charge in [0.15, 0.2) is 0 Å². The zero-order valence-electron chi connectivity index (χ0n) is 12.9. The topological polar surface area (TPSA) is 20.2 Å². The van der Waals surface area contributed by atoms with Crippen molar-refractivity contribution in [3.8, 4) is 0 Å². The largest absolute Gasteiger partial charge is 0.392 e. The first-order chi connectivity index (χ1) is 10.3. The van der Waals surface area contributed by atoms with Gasteiger partial charge in [-0.2, -0.15) is 0 Å². The molecule has 0 spiro atoms. The summed E-state index contributed by atoms with van der Waals surface area (Å²) in [6, 6.07) is 8.55. The zero-order valence-corrected chi connectivity index (χ0v) is 13.7. The molecule has 1 unspecified atom stereocenters. The van der Waals surface area contributed by atoms with Gasteiger partial charge in [-0.25, -0.2) is 0 Å². The molecule has 0 bridgehead atoms. The number of aliphatic hydroxyl groups excluding tert-OH is 1. The lowest BCUT2D eigenvalue weighted by molar-refractivity contribution is 0.0731. The summed E-state index contributed by atoms with van der Waals surface area (Å²) in [5.74, 6) is 1.43. The highest BCUT2D eigenvalue weighted by Gasteiger charge is 2.26. The highest BCUT2D eigenvalue weighted by molar-refractivity contribution is 7.17. The predicted molar refractivity (Wildman–Crippen MR) is 91.9 cm³/mol. The molecule has 2 aromatic rings. The van der Waals surface area contributed by atoms with Gasteiger partial charge in [0.05, 0.1) is 6.10 Å². The SMILES string of the molecule is CCCC1CCC(C(O)Cc2csc3ccccc23)CC1. The van der Waals surface area contributed by atoms with Crippen molar-refractivity contribution >= 4 is 21.4 Å². The minimum absolute atomic E-state index is 0.161. The van der Waals surface area contributed by atoms with E-state index in [4.69, 9.17) is 0 Å². The first-order valence-electron chi connectivity index (χ1n) is 8.41. The number of hydrogen-bond acceptors (Lipinski definition) is 2. The van der Waals surface area contributed by atoms with Crippen molar-refractivity contribution in [1.82, 2.24) is 0 Å². The molecule has 1 aliphatic carbocycles. The third-order valence-corrected chi connectivity index (χ3v) is 6.14. The molecule has 2 heteroatoms. The van der Waals surface area contributed by atoms with E-state index in [1.165, 1.54) is 54.2 Å². The van der Waals surface area contributed by atoms with Crippen molar-refractivity contribution in [2.24, 2.45) is 11.8 Å². The molecule has 1 nitrogen and oxygen atoms in total. The summed E-state index contributed by atoms with van der Waals surface area (Å²) < 4.78 is 1.34. The van der Waals surface area contributed by atoms with Crippen molar-refractivity contribution < 1.29 is 5.11 Å². The van der Waals surface area contributed by atoms with Crippen LogP contribution >= 0.6 is 11.3 Å². The molecule has 1 heterocycles. The molecule has 0 radical (unpaired) electrons. The normalized spacial score (nSPS) is 24.3. The van der Waals surface area contributed by atoms with Gasteiger partial charge in [0.2, 0.25) is 0 Å². The highest BCUT2D eigenvalue weighted by Crippen LogP contribution is 2.35. The third kappa shape index (κ3) is 3.49. The Labute approximate surface area is 132 Å². The van der Waals surface area contributed by atoms with Crippen LogP contribution in [0.1, 0.15) is 51.0 Å². The molecule has 0 amide bonds. The average molecular weight is 302 g/mol. The minimum atomic E-state index is -0.161. The first kappa shape index (κ1) is 15.1. The Hall–Kier alpha value is -0.860.